The van der Waals surface area contributed by atoms with Crippen LogP contribution in [0.2, 0.25) is 0 Å². The number of nitrogens with zero attached hydrogens (tertiary/aromatic N) is 4. The van der Waals surface area contributed by atoms with Crippen LogP contribution in [0.1, 0.15) is 105 Å². The van der Waals surface area contributed by atoms with Crippen molar-refractivity contribution >= 4 is 47.3 Å². The van der Waals surface area contributed by atoms with E-state index in [9.17, 15) is 43.5 Å². The van der Waals surface area contributed by atoms with Gasteiger partial charge in [-0.05, 0) is 49.0 Å². The number of aliphatic carboxylic acids is 1. The molecule has 0 radical (unpaired) electrons. The number of benzene rings is 1. The molecule has 66 heavy (non-hydrogen) atoms. The first kappa shape index (κ1) is 55.2. The minimum absolute atomic E-state index is 0.0818. The number of nitrogens with one attached hydrogen (secondary N) is 2. The second-order valence-electron chi connectivity index (χ2n) is 18.6. The largest absolute Gasteiger partial charge is 0.480 e. The Bertz CT molecular complexity index is 1840. The van der Waals surface area contributed by atoms with Crippen molar-refractivity contribution in [2.75, 3.05) is 41.4 Å². The van der Waals surface area contributed by atoms with E-state index in [2.05, 4.69) is 10.6 Å². The van der Waals surface area contributed by atoms with Crippen molar-refractivity contribution in [1.29, 1.82) is 0 Å². The molecule has 2 aliphatic rings. The monoisotopic (exact) mass is 925 g/mol. The summed E-state index contributed by atoms with van der Waals surface area (Å²) < 4.78 is 11.9. The topological polar surface area (TPSA) is 212 Å². The predicted molar refractivity (Wildman–Crippen MR) is 248 cm³/mol. The number of amides is 7. The van der Waals surface area contributed by atoms with Gasteiger partial charge in [0.1, 0.15) is 18.1 Å². The zero-order chi connectivity index (χ0) is 49.4. The number of carboxylic acids is 1. The summed E-state index contributed by atoms with van der Waals surface area (Å²) in [4.78, 5) is 112. The molecule has 0 spiro atoms. The van der Waals surface area contributed by atoms with Crippen molar-refractivity contribution in [2.24, 2.45) is 23.7 Å². The van der Waals surface area contributed by atoms with E-state index >= 15 is 0 Å². The number of carbonyl (C=O) groups excluding carboxylic acids is 7. The standard InChI is InChI=1S/C49H76N6O11/c1-12-32(6)44(37(65-10)29-41(59)54-27-19-22-36(54)45(66-11)33(7)46(60)50-35(49(63)64)28-34-20-15-13-16-21-34)53(9)48(62)42(30(2)3)51-47(61)43(31(4)5)52(8)38(56)23-17-14-18-26-55-39(57)24-25-40(55)58/h13,15-16,20-21,24-25,30-33,35-37,42-45H,12,14,17-19,22-23,26-29H2,1-11H3,(H,50,60)(H,51,61)(H,63,64)/t32-,33+,35-,36-,37+,42-,43-,44-,45?/m0/s1. The Morgan fingerprint density at radius 1 is 0.833 bits per heavy atom. The number of imide groups is 1. The highest BCUT2D eigenvalue weighted by molar-refractivity contribution is 6.12. The summed E-state index contributed by atoms with van der Waals surface area (Å²) in [7, 11) is 6.21. The minimum Gasteiger partial charge on any atom is -0.480 e. The first-order chi connectivity index (χ1) is 31.2. The van der Waals surface area contributed by atoms with Crippen LogP contribution in [0.5, 0.6) is 0 Å². The molecule has 2 aliphatic heterocycles. The molecule has 17 heteroatoms. The highest BCUT2D eigenvalue weighted by Gasteiger charge is 2.44. The van der Waals surface area contributed by atoms with Gasteiger partial charge in [0.25, 0.3) is 11.8 Å². The van der Waals surface area contributed by atoms with E-state index in [0.29, 0.717) is 45.1 Å². The quantitative estimate of drug-likeness (QED) is 0.0853. The van der Waals surface area contributed by atoms with E-state index in [4.69, 9.17) is 9.47 Å². The normalized spacial score (nSPS) is 18.7. The Kier molecular flexibility index (Phi) is 21.9. The van der Waals surface area contributed by atoms with Gasteiger partial charge in [-0.15, -0.1) is 0 Å². The van der Waals surface area contributed by atoms with Gasteiger partial charge < -0.3 is 39.9 Å². The van der Waals surface area contributed by atoms with Gasteiger partial charge in [0.15, 0.2) is 0 Å². The average molecular weight is 925 g/mol. The number of hydrogen-bond donors (Lipinski definition) is 3. The molecule has 17 nitrogen and oxygen atoms in total. The minimum atomic E-state index is -1.16. The first-order valence-electron chi connectivity index (χ1n) is 23.5. The predicted octanol–water partition coefficient (Wildman–Crippen LogP) is 3.83. The summed E-state index contributed by atoms with van der Waals surface area (Å²) in [5.74, 6) is -5.24. The summed E-state index contributed by atoms with van der Waals surface area (Å²) >= 11 is 0. The lowest BCUT2D eigenvalue weighted by molar-refractivity contribution is -0.149. The number of unbranched alkanes of at least 4 members (excludes halogenated alkanes) is 2. The summed E-state index contributed by atoms with van der Waals surface area (Å²) in [5, 5.41) is 15.6. The molecule has 1 fully saturated rings. The van der Waals surface area contributed by atoms with Crippen LogP contribution in [-0.2, 0) is 54.3 Å². The molecule has 1 saturated heterocycles. The number of carboxylic acid groups (broad SMARTS) is 1. The molecule has 7 amide bonds. The maximum Gasteiger partial charge on any atom is 0.326 e. The number of likely N-dealkylation sites (tertiary alicyclic amines) is 1. The molecule has 0 bridgehead atoms. The van der Waals surface area contributed by atoms with Crippen LogP contribution >= 0.6 is 0 Å². The van der Waals surface area contributed by atoms with Crippen LogP contribution in [0.15, 0.2) is 42.5 Å². The van der Waals surface area contributed by atoms with Crippen LogP contribution in [0, 0.1) is 23.7 Å². The summed E-state index contributed by atoms with van der Waals surface area (Å²) in [6.07, 6.45) is 4.72. The molecule has 368 valence electrons. The fourth-order valence-corrected chi connectivity index (χ4v) is 9.26. The van der Waals surface area contributed by atoms with Crippen molar-refractivity contribution in [3.8, 4) is 0 Å². The molecule has 3 rings (SSSR count). The third-order valence-corrected chi connectivity index (χ3v) is 13.3. The molecule has 0 saturated carbocycles. The lowest BCUT2D eigenvalue weighted by Crippen LogP contribution is -2.60. The van der Waals surface area contributed by atoms with Gasteiger partial charge in [0, 0.05) is 66.4 Å². The fourth-order valence-electron chi connectivity index (χ4n) is 9.26. The highest BCUT2D eigenvalue weighted by Crippen LogP contribution is 2.30. The Hall–Kier alpha value is -5.16. The summed E-state index contributed by atoms with van der Waals surface area (Å²) in [6.45, 7) is 13.6. The van der Waals surface area contributed by atoms with Gasteiger partial charge in [-0.2, -0.15) is 0 Å². The smallest absolute Gasteiger partial charge is 0.326 e. The zero-order valence-electron chi connectivity index (χ0n) is 41.0. The SMILES string of the molecule is CC[C@H](C)[C@@H]([C@@H](CC(=O)N1CCC[C@H]1C(OC)[C@@H](C)C(=O)N[C@@H](Cc1ccccc1)C(=O)O)OC)N(C)C(=O)[C@@H](NC(=O)[C@H](C(C)C)N(C)C(=O)CCCCCN1C(=O)C=CC1=O)C(C)C. The Labute approximate surface area is 391 Å². The van der Waals surface area contributed by atoms with Crippen molar-refractivity contribution < 1.29 is 52.9 Å². The average Bonchev–Trinajstić information content (AvgIpc) is 3.89. The second kappa shape index (κ2) is 26.2. The first-order valence-corrected chi connectivity index (χ1v) is 23.5. The molecule has 1 unspecified atom stereocenters. The number of ether oxygens (including phenoxy) is 2. The van der Waals surface area contributed by atoms with E-state index in [0.717, 1.165) is 5.56 Å². The molecular formula is C49H76N6O11. The molecule has 0 aliphatic carbocycles. The van der Waals surface area contributed by atoms with Gasteiger partial charge in [-0.3, -0.25) is 38.5 Å². The van der Waals surface area contributed by atoms with Crippen LogP contribution in [0.25, 0.3) is 0 Å². The third-order valence-electron chi connectivity index (χ3n) is 13.3. The van der Waals surface area contributed by atoms with Crippen molar-refractivity contribution in [3.05, 3.63) is 48.0 Å². The highest BCUT2D eigenvalue weighted by atomic mass is 16.5. The van der Waals surface area contributed by atoms with E-state index in [-0.39, 0.29) is 73.1 Å². The number of likely N-dealkylation sites (N-methyl/N-ethyl adjacent to an activating group) is 2. The van der Waals surface area contributed by atoms with Gasteiger partial charge >= 0.3 is 5.97 Å². The molecular weight excluding hydrogens is 849 g/mol. The van der Waals surface area contributed by atoms with Crippen LogP contribution < -0.4 is 10.6 Å². The van der Waals surface area contributed by atoms with Gasteiger partial charge in [0.2, 0.25) is 29.5 Å². The van der Waals surface area contributed by atoms with Crippen molar-refractivity contribution in [2.45, 2.75) is 149 Å². The Morgan fingerprint density at radius 3 is 2.02 bits per heavy atom. The fraction of sp³-hybridized carbons (Fsp3) is 0.673. The Balaban J connectivity index is 1.71. The Morgan fingerprint density at radius 2 is 1.47 bits per heavy atom. The van der Waals surface area contributed by atoms with E-state index in [1.165, 1.54) is 36.2 Å². The van der Waals surface area contributed by atoms with E-state index in [1.54, 1.807) is 55.1 Å². The van der Waals surface area contributed by atoms with Crippen LogP contribution in [0.3, 0.4) is 0 Å². The van der Waals surface area contributed by atoms with Gasteiger partial charge in [-0.1, -0.05) is 91.6 Å². The molecule has 9 atom stereocenters. The molecule has 2 heterocycles. The summed E-state index contributed by atoms with van der Waals surface area (Å²) in [5.41, 5.74) is 0.762. The lowest BCUT2D eigenvalue weighted by Gasteiger charge is -2.41. The van der Waals surface area contributed by atoms with E-state index in [1.807, 2.05) is 47.6 Å². The molecule has 1 aromatic carbocycles. The zero-order valence-corrected chi connectivity index (χ0v) is 41.0. The lowest BCUT2D eigenvalue weighted by atomic mass is 9.89. The maximum absolute atomic E-state index is 14.6. The van der Waals surface area contributed by atoms with Crippen molar-refractivity contribution in [1.82, 2.24) is 30.2 Å². The van der Waals surface area contributed by atoms with Crippen LogP contribution in [0.4, 0.5) is 0 Å². The number of methoxy groups -OCH3 is 2. The van der Waals surface area contributed by atoms with E-state index < -0.39 is 66.1 Å². The van der Waals surface area contributed by atoms with Gasteiger partial charge in [0.05, 0.1) is 36.6 Å². The number of carbonyl (C=O) groups is 8. The third kappa shape index (κ3) is 14.7. The summed E-state index contributed by atoms with van der Waals surface area (Å²) in [6, 6.07) is 4.97. The number of rotatable bonds is 27. The van der Waals surface area contributed by atoms with Gasteiger partial charge in [-0.25, -0.2) is 4.79 Å². The van der Waals surface area contributed by atoms with Crippen molar-refractivity contribution in [3.63, 3.8) is 0 Å². The molecule has 0 aromatic heterocycles. The van der Waals surface area contributed by atoms with Crippen LogP contribution in [-0.4, -0.2) is 156 Å². The maximum atomic E-state index is 14.6. The number of hydrogen-bond acceptors (Lipinski definition) is 10. The molecule has 3 N–H and O–H groups in total. The molecule has 1 aromatic rings. The second-order valence-corrected chi connectivity index (χ2v) is 18.6.